The van der Waals surface area contributed by atoms with Crippen molar-refractivity contribution in [2.45, 2.75) is 13.3 Å². The van der Waals surface area contributed by atoms with Crippen molar-refractivity contribution in [2.24, 2.45) is 0 Å². The quantitative estimate of drug-likeness (QED) is 0.722. The third-order valence-corrected chi connectivity index (χ3v) is 3.10. The van der Waals surface area contributed by atoms with Crippen molar-refractivity contribution < 1.29 is 5.11 Å². The van der Waals surface area contributed by atoms with E-state index >= 15 is 0 Å². The standard InChI is InChI=1S/C14H13N3O/c1-2-9-5-10(3-4-13(9)18)11-6-15-7-12-14(11)17-8-16-12/h3-8,18H,2H2,1H3,(H,16,17). The second-order valence-corrected chi connectivity index (χ2v) is 4.18. The van der Waals surface area contributed by atoms with Crippen molar-refractivity contribution in [1.29, 1.82) is 0 Å². The first kappa shape index (κ1) is 10.8. The average molecular weight is 239 g/mol. The predicted molar refractivity (Wildman–Crippen MR) is 70.4 cm³/mol. The number of nitrogens with zero attached hydrogens (tertiary/aromatic N) is 2. The first-order valence-electron chi connectivity index (χ1n) is 5.89. The molecule has 0 spiro atoms. The van der Waals surface area contributed by atoms with E-state index < -0.39 is 0 Å². The molecule has 2 heterocycles. The number of imidazole rings is 1. The number of pyridine rings is 1. The molecular weight excluding hydrogens is 226 g/mol. The number of aromatic amines is 1. The molecule has 0 amide bonds. The summed E-state index contributed by atoms with van der Waals surface area (Å²) in [5.41, 5.74) is 4.75. The van der Waals surface area contributed by atoms with Crippen LogP contribution in [0.25, 0.3) is 22.2 Å². The van der Waals surface area contributed by atoms with Gasteiger partial charge >= 0.3 is 0 Å². The lowest BCUT2D eigenvalue weighted by Gasteiger charge is -2.06. The lowest BCUT2D eigenvalue weighted by atomic mass is 10.0. The summed E-state index contributed by atoms with van der Waals surface area (Å²) in [5.74, 6) is 0.336. The second-order valence-electron chi connectivity index (χ2n) is 4.18. The highest BCUT2D eigenvalue weighted by Gasteiger charge is 2.08. The molecule has 3 rings (SSSR count). The Hall–Kier alpha value is -2.36. The van der Waals surface area contributed by atoms with Crippen molar-refractivity contribution in [1.82, 2.24) is 15.0 Å². The molecular formula is C14H13N3O. The minimum Gasteiger partial charge on any atom is -0.508 e. The fraction of sp³-hybridized carbons (Fsp3) is 0.143. The Morgan fingerprint density at radius 1 is 1.28 bits per heavy atom. The van der Waals surface area contributed by atoms with Crippen LogP contribution >= 0.6 is 0 Å². The van der Waals surface area contributed by atoms with Crippen molar-refractivity contribution in [3.05, 3.63) is 42.5 Å². The Morgan fingerprint density at radius 2 is 2.17 bits per heavy atom. The van der Waals surface area contributed by atoms with Gasteiger partial charge in [0.1, 0.15) is 5.75 Å². The summed E-state index contributed by atoms with van der Waals surface area (Å²) in [6, 6.07) is 5.60. The van der Waals surface area contributed by atoms with Crippen LogP contribution in [0.1, 0.15) is 12.5 Å². The van der Waals surface area contributed by atoms with Gasteiger partial charge in [0.15, 0.2) is 0 Å². The minimum atomic E-state index is 0.336. The number of benzene rings is 1. The summed E-state index contributed by atoms with van der Waals surface area (Å²) in [7, 11) is 0. The number of aryl methyl sites for hydroxylation is 1. The van der Waals surface area contributed by atoms with E-state index in [2.05, 4.69) is 15.0 Å². The first-order chi connectivity index (χ1) is 8.79. The van der Waals surface area contributed by atoms with Gasteiger partial charge in [0, 0.05) is 11.8 Å². The number of phenols is 1. The fourth-order valence-electron chi connectivity index (χ4n) is 2.11. The van der Waals surface area contributed by atoms with Crippen molar-refractivity contribution in [3.63, 3.8) is 0 Å². The van der Waals surface area contributed by atoms with Gasteiger partial charge in [-0.05, 0) is 29.7 Å². The monoisotopic (exact) mass is 239 g/mol. The topological polar surface area (TPSA) is 61.8 Å². The summed E-state index contributed by atoms with van der Waals surface area (Å²) >= 11 is 0. The van der Waals surface area contributed by atoms with E-state index in [1.54, 1.807) is 24.8 Å². The number of aromatic hydroxyl groups is 1. The number of aromatic nitrogens is 3. The predicted octanol–water partition coefficient (Wildman–Crippen LogP) is 2.89. The molecule has 0 radical (unpaired) electrons. The summed E-state index contributed by atoms with van der Waals surface area (Å²) in [6.45, 7) is 2.02. The SMILES string of the molecule is CCc1cc(-c2cncc3[nH]cnc23)ccc1O. The lowest BCUT2D eigenvalue weighted by molar-refractivity contribution is 0.469. The maximum Gasteiger partial charge on any atom is 0.118 e. The van der Waals surface area contributed by atoms with Crippen LogP contribution in [0.5, 0.6) is 5.75 Å². The minimum absolute atomic E-state index is 0.336. The largest absolute Gasteiger partial charge is 0.508 e. The van der Waals surface area contributed by atoms with Gasteiger partial charge in [0.2, 0.25) is 0 Å². The van der Waals surface area contributed by atoms with Crippen LogP contribution in [0.15, 0.2) is 36.9 Å². The summed E-state index contributed by atoms with van der Waals surface area (Å²) in [5, 5.41) is 9.72. The summed E-state index contributed by atoms with van der Waals surface area (Å²) in [6.07, 6.45) is 6.02. The van der Waals surface area contributed by atoms with Crippen LogP contribution in [-0.2, 0) is 6.42 Å². The van der Waals surface area contributed by atoms with Crippen LogP contribution in [0, 0.1) is 0 Å². The molecule has 0 fully saturated rings. The van der Waals surface area contributed by atoms with Gasteiger partial charge in [-0.25, -0.2) is 4.98 Å². The number of nitrogens with one attached hydrogen (secondary N) is 1. The van der Waals surface area contributed by atoms with Gasteiger partial charge < -0.3 is 10.1 Å². The zero-order chi connectivity index (χ0) is 12.5. The van der Waals surface area contributed by atoms with Gasteiger partial charge in [0.05, 0.1) is 23.6 Å². The molecule has 3 aromatic rings. The molecule has 0 bridgehead atoms. The highest BCUT2D eigenvalue weighted by atomic mass is 16.3. The Morgan fingerprint density at radius 3 is 3.00 bits per heavy atom. The third kappa shape index (κ3) is 1.62. The number of phenolic OH excluding ortho intramolecular Hbond substituents is 1. The van der Waals surface area contributed by atoms with Gasteiger partial charge in [0.25, 0.3) is 0 Å². The molecule has 4 nitrogen and oxygen atoms in total. The van der Waals surface area contributed by atoms with Crippen LogP contribution in [-0.4, -0.2) is 20.1 Å². The van der Waals surface area contributed by atoms with E-state index in [4.69, 9.17) is 0 Å². The third-order valence-electron chi connectivity index (χ3n) is 3.10. The van der Waals surface area contributed by atoms with E-state index in [1.807, 2.05) is 19.1 Å². The van der Waals surface area contributed by atoms with Crippen molar-refractivity contribution >= 4 is 11.0 Å². The molecule has 2 aromatic heterocycles. The Labute approximate surface area is 104 Å². The normalized spacial score (nSPS) is 10.9. The molecule has 0 aliphatic heterocycles. The van der Waals surface area contributed by atoms with E-state index in [-0.39, 0.29) is 0 Å². The molecule has 0 aliphatic rings. The van der Waals surface area contributed by atoms with Crippen molar-refractivity contribution in [3.8, 4) is 16.9 Å². The average Bonchev–Trinajstić information content (AvgIpc) is 2.87. The fourth-order valence-corrected chi connectivity index (χ4v) is 2.11. The number of hydrogen-bond donors (Lipinski definition) is 2. The smallest absolute Gasteiger partial charge is 0.118 e. The number of hydrogen-bond acceptors (Lipinski definition) is 3. The zero-order valence-electron chi connectivity index (χ0n) is 10.0. The summed E-state index contributed by atoms with van der Waals surface area (Å²) in [4.78, 5) is 11.6. The molecule has 0 unspecified atom stereocenters. The Bertz CT molecular complexity index is 703. The molecule has 0 aliphatic carbocycles. The van der Waals surface area contributed by atoms with Gasteiger partial charge in [-0.15, -0.1) is 0 Å². The molecule has 0 atom stereocenters. The molecule has 2 N–H and O–H groups in total. The van der Waals surface area contributed by atoms with Gasteiger partial charge in [-0.3, -0.25) is 4.98 Å². The number of H-pyrrole nitrogens is 1. The molecule has 0 saturated heterocycles. The van der Waals surface area contributed by atoms with Crippen LogP contribution < -0.4 is 0 Å². The highest BCUT2D eigenvalue weighted by molar-refractivity contribution is 5.90. The number of fused-ring (bicyclic) bond motifs is 1. The van der Waals surface area contributed by atoms with Crippen LogP contribution in [0.3, 0.4) is 0 Å². The van der Waals surface area contributed by atoms with E-state index in [0.717, 1.165) is 34.1 Å². The molecule has 18 heavy (non-hydrogen) atoms. The maximum absolute atomic E-state index is 9.72. The molecule has 90 valence electrons. The van der Waals surface area contributed by atoms with Crippen LogP contribution in [0.2, 0.25) is 0 Å². The Kier molecular flexibility index (Phi) is 2.48. The Balaban J connectivity index is 2.23. The van der Waals surface area contributed by atoms with Gasteiger partial charge in [-0.1, -0.05) is 13.0 Å². The molecule has 4 heteroatoms. The van der Waals surface area contributed by atoms with E-state index in [9.17, 15) is 5.11 Å². The lowest BCUT2D eigenvalue weighted by Crippen LogP contribution is -1.87. The van der Waals surface area contributed by atoms with E-state index in [1.165, 1.54) is 0 Å². The first-order valence-corrected chi connectivity index (χ1v) is 5.89. The van der Waals surface area contributed by atoms with Gasteiger partial charge in [-0.2, -0.15) is 0 Å². The summed E-state index contributed by atoms with van der Waals surface area (Å²) < 4.78 is 0. The second kappa shape index (κ2) is 4.14. The van der Waals surface area contributed by atoms with Crippen molar-refractivity contribution in [2.75, 3.05) is 0 Å². The number of rotatable bonds is 2. The molecule has 1 aromatic carbocycles. The zero-order valence-corrected chi connectivity index (χ0v) is 10.0. The molecule has 0 saturated carbocycles. The van der Waals surface area contributed by atoms with E-state index in [0.29, 0.717) is 5.75 Å². The highest BCUT2D eigenvalue weighted by Crippen LogP contribution is 2.29. The van der Waals surface area contributed by atoms with Crippen LogP contribution in [0.4, 0.5) is 0 Å². The maximum atomic E-state index is 9.72.